The molecule has 0 saturated heterocycles. The maximum Gasteiger partial charge on any atom is 0.120 e. The lowest BCUT2D eigenvalue weighted by Crippen LogP contribution is -2.08. The number of hydrogen-bond donors (Lipinski definition) is 1. The van der Waals surface area contributed by atoms with Crippen molar-refractivity contribution in [1.29, 1.82) is 5.26 Å². The molecule has 0 fully saturated rings. The Labute approximate surface area is 114 Å². The maximum atomic E-state index is 8.92. The predicted octanol–water partition coefficient (Wildman–Crippen LogP) is 4.27. The summed E-state index contributed by atoms with van der Waals surface area (Å²) in [6, 6.07) is 10.4. The molecule has 2 rings (SSSR count). The average molecular weight is 256 g/mol. The summed E-state index contributed by atoms with van der Waals surface area (Å²) in [6.45, 7) is 4.67. The fourth-order valence-corrected chi connectivity index (χ4v) is 2.04. The number of unbranched alkanes of at least 4 members (excludes halogenated alkanes) is 1. The highest BCUT2D eigenvalue weighted by Crippen LogP contribution is 2.22. The lowest BCUT2D eigenvalue weighted by atomic mass is 9.89. The molecule has 0 aliphatic carbocycles. The van der Waals surface area contributed by atoms with Crippen LogP contribution in [0.2, 0.25) is 0 Å². The molecule has 0 amide bonds. The van der Waals surface area contributed by atoms with E-state index in [9.17, 15) is 0 Å². The SMILES string of the molecule is CC(C)(C#N)CCCCOc1ccc2[nH]ccc2c1. The van der Waals surface area contributed by atoms with E-state index in [2.05, 4.69) is 11.1 Å². The summed E-state index contributed by atoms with van der Waals surface area (Å²) in [5, 5.41) is 10.1. The van der Waals surface area contributed by atoms with E-state index in [0.29, 0.717) is 6.61 Å². The third-order valence-corrected chi connectivity index (χ3v) is 3.29. The molecule has 3 heteroatoms. The zero-order chi connectivity index (χ0) is 13.7. The van der Waals surface area contributed by atoms with Gasteiger partial charge in [-0.1, -0.05) is 0 Å². The van der Waals surface area contributed by atoms with Gasteiger partial charge in [0.25, 0.3) is 0 Å². The second-order valence-electron chi connectivity index (χ2n) is 5.53. The average Bonchev–Trinajstić information content (AvgIpc) is 2.85. The van der Waals surface area contributed by atoms with Crippen LogP contribution in [0.5, 0.6) is 5.75 Å². The molecule has 1 N–H and O–H groups in total. The molecule has 100 valence electrons. The van der Waals surface area contributed by atoms with Crippen LogP contribution in [-0.2, 0) is 0 Å². The van der Waals surface area contributed by atoms with E-state index in [1.807, 2.05) is 44.3 Å². The normalized spacial score (nSPS) is 11.4. The molecule has 1 aromatic carbocycles. The highest BCUT2D eigenvalue weighted by molar-refractivity contribution is 5.80. The summed E-state index contributed by atoms with van der Waals surface area (Å²) in [5.74, 6) is 0.909. The molecule has 1 heterocycles. The van der Waals surface area contributed by atoms with Crippen molar-refractivity contribution in [3.8, 4) is 11.8 Å². The molecule has 0 unspecified atom stereocenters. The summed E-state index contributed by atoms with van der Waals surface area (Å²) in [7, 11) is 0. The molecular weight excluding hydrogens is 236 g/mol. The van der Waals surface area contributed by atoms with E-state index < -0.39 is 0 Å². The highest BCUT2D eigenvalue weighted by Gasteiger charge is 2.15. The van der Waals surface area contributed by atoms with Crippen LogP contribution in [0.4, 0.5) is 0 Å². The number of nitrogens with zero attached hydrogens (tertiary/aromatic N) is 1. The van der Waals surface area contributed by atoms with E-state index in [1.54, 1.807) is 0 Å². The number of aromatic nitrogens is 1. The van der Waals surface area contributed by atoms with Crippen molar-refractivity contribution in [3.05, 3.63) is 30.5 Å². The zero-order valence-corrected chi connectivity index (χ0v) is 11.6. The maximum absolute atomic E-state index is 8.92. The van der Waals surface area contributed by atoms with Crippen molar-refractivity contribution in [1.82, 2.24) is 4.98 Å². The number of H-pyrrole nitrogens is 1. The number of hydrogen-bond acceptors (Lipinski definition) is 2. The van der Waals surface area contributed by atoms with Gasteiger partial charge in [0.15, 0.2) is 0 Å². The number of rotatable bonds is 6. The summed E-state index contributed by atoms with van der Waals surface area (Å²) in [5.41, 5.74) is 0.910. The molecule has 3 nitrogen and oxygen atoms in total. The Morgan fingerprint density at radius 2 is 2.11 bits per heavy atom. The lowest BCUT2D eigenvalue weighted by molar-refractivity contribution is 0.295. The van der Waals surface area contributed by atoms with Crippen LogP contribution < -0.4 is 4.74 Å². The third kappa shape index (κ3) is 3.75. The minimum Gasteiger partial charge on any atom is -0.494 e. The van der Waals surface area contributed by atoms with Crippen molar-refractivity contribution >= 4 is 10.9 Å². The zero-order valence-electron chi connectivity index (χ0n) is 11.6. The minimum absolute atomic E-state index is 0.218. The topological polar surface area (TPSA) is 48.8 Å². The third-order valence-electron chi connectivity index (χ3n) is 3.29. The summed E-state index contributed by atoms with van der Waals surface area (Å²) in [4.78, 5) is 3.16. The molecule has 19 heavy (non-hydrogen) atoms. The largest absolute Gasteiger partial charge is 0.494 e. The van der Waals surface area contributed by atoms with Crippen molar-refractivity contribution in [2.75, 3.05) is 6.61 Å². The first-order valence-electron chi connectivity index (χ1n) is 6.72. The van der Waals surface area contributed by atoms with Gasteiger partial charge in [-0.3, -0.25) is 0 Å². The number of fused-ring (bicyclic) bond motifs is 1. The van der Waals surface area contributed by atoms with Crippen LogP contribution in [0.15, 0.2) is 30.5 Å². The van der Waals surface area contributed by atoms with Gasteiger partial charge < -0.3 is 9.72 Å². The van der Waals surface area contributed by atoms with Gasteiger partial charge in [-0.15, -0.1) is 0 Å². The Bertz CT molecular complexity index is 578. The number of ether oxygens (including phenoxy) is 1. The first kappa shape index (κ1) is 13.5. The van der Waals surface area contributed by atoms with Gasteiger partial charge in [-0.2, -0.15) is 5.26 Å². The van der Waals surface area contributed by atoms with Gasteiger partial charge in [0.1, 0.15) is 5.75 Å². The molecule has 2 aromatic rings. The number of nitriles is 1. The first-order valence-corrected chi connectivity index (χ1v) is 6.72. The smallest absolute Gasteiger partial charge is 0.120 e. The van der Waals surface area contributed by atoms with Gasteiger partial charge in [0.2, 0.25) is 0 Å². The van der Waals surface area contributed by atoms with Gasteiger partial charge in [0.05, 0.1) is 18.1 Å². The predicted molar refractivity (Wildman–Crippen MR) is 77.0 cm³/mol. The Morgan fingerprint density at radius 1 is 1.26 bits per heavy atom. The molecule has 0 aliphatic heterocycles. The molecule has 1 aromatic heterocycles. The second kappa shape index (κ2) is 5.79. The molecule has 0 radical (unpaired) electrons. The standard InChI is InChI=1S/C16H20N2O/c1-16(2,12-17)8-3-4-10-19-14-5-6-15-13(11-14)7-9-18-15/h5-7,9,11,18H,3-4,8,10H2,1-2H3. The van der Waals surface area contributed by atoms with Gasteiger partial charge in [-0.05, 0) is 57.4 Å². The lowest BCUT2D eigenvalue weighted by Gasteiger charge is -2.14. The van der Waals surface area contributed by atoms with E-state index in [1.165, 1.54) is 5.39 Å². The first-order chi connectivity index (χ1) is 9.11. The molecule has 0 aliphatic rings. The van der Waals surface area contributed by atoms with Crippen molar-refractivity contribution < 1.29 is 4.74 Å². The van der Waals surface area contributed by atoms with Crippen molar-refractivity contribution in [3.63, 3.8) is 0 Å². The van der Waals surface area contributed by atoms with Crippen molar-refractivity contribution in [2.24, 2.45) is 5.41 Å². The van der Waals surface area contributed by atoms with E-state index in [4.69, 9.17) is 10.00 Å². The van der Waals surface area contributed by atoms with E-state index in [-0.39, 0.29) is 5.41 Å². The summed E-state index contributed by atoms with van der Waals surface area (Å²) in [6.07, 6.45) is 4.85. The van der Waals surface area contributed by atoms with E-state index in [0.717, 1.165) is 30.5 Å². The summed E-state index contributed by atoms with van der Waals surface area (Å²) >= 11 is 0. The molecular formula is C16H20N2O. The Morgan fingerprint density at radius 3 is 2.89 bits per heavy atom. The number of aromatic amines is 1. The van der Waals surface area contributed by atoms with Crippen LogP contribution in [0, 0.1) is 16.7 Å². The minimum atomic E-state index is -0.218. The van der Waals surface area contributed by atoms with Crippen LogP contribution >= 0.6 is 0 Å². The number of nitrogens with one attached hydrogen (secondary N) is 1. The second-order valence-corrected chi connectivity index (χ2v) is 5.53. The Balaban J connectivity index is 1.75. The van der Waals surface area contributed by atoms with Crippen LogP contribution in [0.3, 0.4) is 0 Å². The molecule has 0 atom stereocenters. The van der Waals surface area contributed by atoms with Crippen molar-refractivity contribution in [2.45, 2.75) is 33.1 Å². The monoisotopic (exact) mass is 256 g/mol. The highest BCUT2D eigenvalue weighted by atomic mass is 16.5. The van der Waals surface area contributed by atoms with Crippen LogP contribution in [0.25, 0.3) is 10.9 Å². The molecule has 0 bridgehead atoms. The number of benzene rings is 1. The van der Waals surface area contributed by atoms with E-state index >= 15 is 0 Å². The Hall–Kier alpha value is -1.95. The van der Waals surface area contributed by atoms with Crippen LogP contribution in [-0.4, -0.2) is 11.6 Å². The van der Waals surface area contributed by atoms with Gasteiger partial charge >= 0.3 is 0 Å². The van der Waals surface area contributed by atoms with Gasteiger partial charge in [0, 0.05) is 17.1 Å². The Kier molecular flexibility index (Phi) is 4.11. The molecule has 0 spiro atoms. The van der Waals surface area contributed by atoms with Crippen LogP contribution in [0.1, 0.15) is 33.1 Å². The fraction of sp³-hybridized carbons (Fsp3) is 0.438. The summed E-state index contributed by atoms with van der Waals surface area (Å²) < 4.78 is 5.74. The van der Waals surface area contributed by atoms with Gasteiger partial charge in [-0.25, -0.2) is 0 Å². The quantitative estimate of drug-likeness (QED) is 0.785. The molecule has 0 saturated carbocycles. The fourth-order valence-electron chi connectivity index (χ4n) is 2.04.